The third-order valence-corrected chi connectivity index (χ3v) is 8.99. The van der Waals surface area contributed by atoms with E-state index in [4.69, 9.17) is 4.74 Å². The number of Topliss-reactive ketones (excluding diaryl/α,β-unsaturated/α-hetero) is 1. The van der Waals surface area contributed by atoms with Gasteiger partial charge in [0, 0.05) is 29.9 Å². The van der Waals surface area contributed by atoms with E-state index in [0.29, 0.717) is 18.9 Å². The summed E-state index contributed by atoms with van der Waals surface area (Å²) in [5.41, 5.74) is 0.339. The summed E-state index contributed by atoms with van der Waals surface area (Å²) in [5, 5.41) is 19.1. The molecule has 7 nitrogen and oxygen atoms in total. The first-order valence-corrected chi connectivity index (χ1v) is 12.0. The van der Waals surface area contributed by atoms with Crippen molar-refractivity contribution in [3.63, 3.8) is 0 Å². The van der Waals surface area contributed by atoms with Gasteiger partial charge in [0.1, 0.15) is 12.1 Å². The van der Waals surface area contributed by atoms with E-state index in [0.717, 1.165) is 19.3 Å². The lowest BCUT2D eigenvalue weighted by Crippen LogP contribution is -2.46. The Morgan fingerprint density at radius 1 is 1.15 bits per heavy atom. The molecule has 2 aliphatic carbocycles. The van der Waals surface area contributed by atoms with Crippen LogP contribution in [0.5, 0.6) is 11.5 Å². The highest BCUT2D eigenvalue weighted by Crippen LogP contribution is 2.66. The van der Waals surface area contributed by atoms with E-state index in [9.17, 15) is 24.6 Å². The van der Waals surface area contributed by atoms with E-state index < -0.39 is 12.0 Å². The highest BCUT2D eigenvalue weighted by atomic mass is 16.5. The van der Waals surface area contributed by atoms with Crippen molar-refractivity contribution in [3.05, 3.63) is 23.8 Å². The first-order valence-electron chi connectivity index (χ1n) is 12.0. The van der Waals surface area contributed by atoms with Crippen LogP contribution in [0.2, 0.25) is 0 Å². The predicted molar refractivity (Wildman–Crippen MR) is 122 cm³/mol. The number of benzene rings is 1. The Labute approximate surface area is 195 Å². The smallest absolute Gasteiger partial charge is 0.329 e. The van der Waals surface area contributed by atoms with Gasteiger partial charge in [-0.1, -0.05) is 27.7 Å². The number of hydrogen-bond acceptors (Lipinski definition) is 6. The molecule has 0 aromatic heterocycles. The van der Waals surface area contributed by atoms with Crippen molar-refractivity contribution in [1.29, 1.82) is 0 Å². The molecule has 180 valence electrons. The van der Waals surface area contributed by atoms with E-state index in [-0.39, 0.29) is 58.1 Å². The Morgan fingerprint density at radius 2 is 1.88 bits per heavy atom. The summed E-state index contributed by atoms with van der Waals surface area (Å²) in [5.74, 6) is -1.58. The molecule has 1 amide bonds. The first-order chi connectivity index (χ1) is 15.5. The van der Waals surface area contributed by atoms with E-state index >= 15 is 0 Å². The Hall–Kier alpha value is -2.57. The van der Waals surface area contributed by atoms with Crippen LogP contribution in [0.1, 0.15) is 76.6 Å². The van der Waals surface area contributed by atoms with E-state index in [2.05, 4.69) is 20.8 Å². The number of fused-ring (bicyclic) bond motifs is 2. The summed E-state index contributed by atoms with van der Waals surface area (Å²) in [6.45, 7) is 8.94. The molecule has 1 saturated heterocycles. The maximum absolute atomic E-state index is 13.2. The molecule has 0 radical (unpaired) electrons. The topological polar surface area (TPSA) is 104 Å². The molecule has 5 atom stereocenters. The van der Waals surface area contributed by atoms with Gasteiger partial charge < -0.3 is 19.8 Å². The van der Waals surface area contributed by atoms with Crippen LogP contribution >= 0.6 is 0 Å². The highest BCUT2D eigenvalue weighted by Gasteiger charge is 2.63. The summed E-state index contributed by atoms with van der Waals surface area (Å²) in [6, 6.07) is 3.27. The third-order valence-electron chi connectivity index (χ3n) is 8.99. The van der Waals surface area contributed by atoms with Gasteiger partial charge in [-0.3, -0.25) is 9.59 Å². The fourth-order valence-corrected chi connectivity index (χ4v) is 6.27. The summed E-state index contributed by atoms with van der Waals surface area (Å²) in [7, 11) is 0. The van der Waals surface area contributed by atoms with Gasteiger partial charge in [-0.15, -0.1) is 0 Å². The van der Waals surface area contributed by atoms with Crippen molar-refractivity contribution in [2.45, 2.75) is 78.4 Å². The predicted octanol–water partition coefficient (Wildman–Crippen LogP) is 4.06. The number of nitrogens with zero attached hydrogens (tertiary/aromatic N) is 1. The lowest BCUT2D eigenvalue weighted by Gasteiger charge is -2.39. The summed E-state index contributed by atoms with van der Waals surface area (Å²) in [4.78, 5) is 40.5. The molecule has 7 heteroatoms. The van der Waals surface area contributed by atoms with E-state index in [1.54, 1.807) is 11.8 Å². The molecule has 0 spiro atoms. The van der Waals surface area contributed by atoms with Crippen LogP contribution in [0.3, 0.4) is 0 Å². The van der Waals surface area contributed by atoms with Gasteiger partial charge in [0.25, 0.3) is 0 Å². The number of carbonyl (C=O) groups is 3. The average Bonchev–Trinajstić information content (AvgIpc) is 3.38. The molecule has 2 N–H and O–H groups in total. The van der Waals surface area contributed by atoms with E-state index in [1.807, 2.05) is 0 Å². The second kappa shape index (κ2) is 8.33. The number of amides is 1. The van der Waals surface area contributed by atoms with Crippen LogP contribution in [-0.4, -0.2) is 51.5 Å². The monoisotopic (exact) mass is 457 g/mol. The standard InChI is InChI=1S/C26H35NO6/c1-15(12-20(29)16-7-8-19(28)21(30)13-16)23(31)27-11-5-6-18(27)24(32)33-22-14-17-9-10-26(22,4)25(17,2)3/h7-8,13,15,17-18,22,28,30H,5-6,9-12,14H2,1-4H3/t15-,17?,18+,22?,26?/m1/s1. The van der Waals surface area contributed by atoms with Gasteiger partial charge in [-0.05, 0) is 61.6 Å². The molecular formula is C26H35NO6. The first kappa shape index (κ1) is 23.6. The number of hydrogen-bond donors (Lipinski definition) is 2. The molecule has 33 heavy (non-hydrogen) atoms. The van der Waals surface area contributed by atoms with Crippen molar-refractivity contribution in [2.24, 2.45) is 22.7 Å². The number of carbonyl (C=O) groups excluding carboxylic acids is 3. The van der Waals surface area contributed by atoms with Crippen LogP contribution in [0.25, 0.3) is 0 Å². The zero-order chi connectivity index (χ0) is 24.1. The number of ketones is 1. The van der Waals surface area contributed by atoms with Crippen molar-refractivity contribution in [2.75, 3.05) is 6.54 Å². The minimum Gasteiger partial charge on any atom is -0.504 e. The third kappa shape index (κ3) is 3.89. The Kier molecular flexibility index (Phi) is 5.95. The molecule has 4 rings (SSSR count). The van der Waals surface area contributed by atoms with Crippen LogP contribution in [-0.2, 0) is 14.3 Å². The normalized spacial score (nSPS) is 30.9. The number of phenolic OH excluding ortho intramolecular Hbond substituents is 2. The molecule has 1 aromatic rings. The maximum Gasteiger partial charge on any atom is 0.329 e. The Balaban J connectivity index is 1.39. The molecular weight excluding hydrogens is 422 g/mol. The van der Waals surface area contributed by atoms with Gasteiger partial charge in [0.2, 0.25) is 5.91 Å². The number of ether oxygens (including phenoxy) is 1. The van der Waals surface area contributed by atoms with Gasteiger partial charge >= 0.3 is 5.97 Å². The minimum absolute atomic E-state index is 0.0316. The number of esters is 1. The second-order valence-electron chi connectivity index (χ2n) is 11.0. The quantitative estimate of drug-likeness (QED) is 0.379. The van der Waals surface area contributed by atoms with Gasteiger partial charge in [-0.25, -0.2) is 4.79 Å². The molecule has 1 heterocycles. The molecule has 1 aliphatic heterocycles. The van der Waals surface area contributed by atoms with Crippen LogP contribution in [0.15, 0.2) is 18.2 Å². The fraction of sp³-hybridized carbons (Fsp3) is 0.654. The molecule has 2 saturated carbocycles. The van der Waals surface area contributed by atoms with E-state index in [1.165, 1.54) is 24.6 Å². The molecule has 2 bridgehead atoms. The largest absolute Gasteiger partial charge is 0.504 e. The molecule has 3 fully saturated rings. The minimum atomic E-state index is -0.610. The number of rotatable bonds is 6. The highest BCUT2D eigenvalue weighted by molar-refractivity contribution is 5.99. The maximum atomic E-state index is 13.2. The SMILES string of the molecule is C[C@H](CC(=O)c1ccc(O)c(O)c1)C(=O)N1CCC[C@H]1C(=O)OC1CC2CCC1(C)C2(C)C. The molecule has 3 unspecified atom stereocenters. The Bertz CT molecular complexity index is 972. The van der Waals surface area contributed by atoms with Crippen LogP contribution in [0.4, 0.5) is 0 Å². The van der Waals surface area contributed by atoms with Crippen molar-refractivity contribution in [1.82, 2.24) is 4.90 Å². The van der Waals surface area contributed by atoms with Crippen LogP contribution in [0, 0.1) is 22.7 Å². The molecule has 3 aliphatic rings. The van der Waals surface area contributed by atoms with Crippen molar-refractivity contribution in [3.8, 4) is 11.5 Å². The van der Waals surface area contributed by atoms with Crippen molar-refractivity contribution >= 4 is 17.7 Å². The summed E-state index contributed by atoms with van der Waals surface area (Å²) >= 11 is 0. The number of likely N-dealkylation sites (tertiary alicyclic amines) is 1. The fourth-order valence-electron chi connectivity index (χ4n) is 6.27. The van der Waals surface area contributed by atoms with Crippen molar-refractivity contribution < 1.29 is 29.3 Å². The Morgan fingerprint density at radius 3 is 2.48 bits per heavy atom. The zero-order valence-corrected chi connectivity index (χ0v) is 20.0. The lowest BCUT2D eigenvalue weighted by atomic mass is 9.70. The number of aromatic hydroxyl groups is 2. The van der Waals surface area contributed by atoms with Gasteiger partial charge in [0.15, 0.2) is 17.3 Å². The average molecular weight is 458 g/mol. The lowest BCUT2D eigenvalue weighted by molar-refractivity contribution is -0.165. The zero-order valence-electron chi connectivity index (χ0n) is 20.0. The summed E-state index contributed by atoms with van der Waals surface area (Å²) < 4.78 is 6.05. The van der Waals surface area contributed by atoms with Gasteiger partial charge in [0.05, 0.1) is 0 Å². The molecule has 1 aromatic carbocycles. The van der Waals surface area contributed by atoms with Crippen LogP contribution < -0.4 is 0 Å². The summed E-state index contributed by atoms with van der Waals surface area (Å²) in [6.07, 6.45) is 4.27. The number of phenols is 2. The second-order valence-corrected chi connectivity index (χ2v) is 11.0. The van der Waals surface area contributed by atoms with Gasteiger partial charge in [-0.2, -0.15) is 0 Å².